The molecule has 0 aromatic rings. The van der Waals surface area contributed by atoms with Gasteiger partial charge in [-0.25, -0.2) is 0 Å². The molecule has 0 amide bonds. The van der Waals surface area contributed by atoms with Crippen molar-refractivity contribution in [3.8, 4) is 0 Å². The molecule has 1 heterocycles. The molecule has 3 N–H and O–H groups in total. The Labute approximate surface area is 87.6 Å². The smallest absolute Gasteiger partial charge is 0.307 e. The largest absolute Gasteiger partial charge is 0.481 e. The van der Waals surface area contributed by atoms with Crippen molar-refractivity contribution in [1.82, 2.24) is 5.32 Å². The molecule has 2 aliphatic rings. The molecule has 2 atom stereocenters. The van der Waals surface area contributed by atoms with Crippen molar-refractivity contribution < 1.29 is 15.0 Å². The molecule has 2 unspecified atom stereocenters. The first kappa shape index (κ1) is 9.98. The molecule has 0 bridgehead atoms. The van der Waals surface area contributed by atoms with Gasteiger partial charge in [-0.2, -0.15) is 0 Å². The van der Waals surface area contributed by atoms with E-state index >= 15 is 0 Å². The molecule has 4 nitrogen and oxygen atoms in total. The number of aliphatic hydroxyl groups is 1. The fourth-order valence-electron chi connectivity index (χ4n) is 2.08. The van der Waals surface area contributed by atoms with Gasteiger partial charge in [0.05, 0.1) is 19.1 Å². The Hall–Kier alpha value is -1.55. The van der Waals surface area contributed by atoms with Crippen molar-refractivity contribution in [2.24, 2.45) is 5.92 Å². The summed E-state index contributed by atoms with van der Waals surface area (Å²) in [6, 6.07) is 0.00764. The van der Waals surface area contributed by atoms with E-state index in [0.29, 0.717) is 0 Å². The highest BCUT2D eigenvalue weighted by Crippen LogP contribution is 2.31. The maximum Gasteiger partial charge on any atom is 0.307 e. The number of carboxylic acid groups (broad SMARTS) is 1. The number of rotatable bonds is 3. The number of carboxylic acids is 1. The number of hydrogen-bond acceptors (Lipinski definition) is 3. The van der Waals surface area contributed by atoms with Crippen molar-refractivity contribution in [2.75, 3.05) is 6.61 Å². The molecule has 0 spiro atoms. The van der Waals surface area contributed by atoms with Crippen LogP contribution >= 0.6 is 0 Å². The monoisotopic (exact) mass is 207 g/mol. The molecule has 0 aromatic heterocycles. The Morgan fingerprint density at radius 3 is 2.93 bits per heavy atom. The maximum atomic E-state index is 10.6. The molecular weight excluding hydrogens is 194 g/mol. The zero-order valence-corrected chi connectivity index (χ0v) is 8.18. The molecule has 15 heavy (non-hydrogen) atoms. The van der Waals surface area contributed by atoms with Crippen LogP contribution in [0.25, 0.3) is 0 Å². The predicted molar refractivity (Wildman–Crippen MR) is 55.1 cm³/mol. The molecule has 0 fully saturated rings. The van der Waals surface area contributed by atoms with Crippen LogP contribution in [0, 0.1) is 5.92 Å². The number of hydrogen-bond donors (Lipinski definition) is 3. The van der Waals surface area contributed by atoms with Crippen molar-refractivity contribution in [3.05, 3.63) is 35.6 Å². The van der Waals surface area contributed by atoms with Crippen LogP contribution in [0.2, 0.25) is 0 Å². The quantitative estimate of drug-likeness (QED) is 0.627. The van der Waals surface area contributed by atoms with E-state index in [9.17, 15) is 4.79 Å². The van der Waals surface area contributed by atoms with E-state index < -0.39 is 5.97 Å². The van der Waals surface area contributed by atoms with Gasteiger partial charge in [-0.15, -0.1) is 0 Å². The molecular formula is C11H13NO3. The average Bonchev–Trinajstić information content (AvgIpc) is 2.61. The van der Waals surface area contributed by atoms with Crippen molar-refractivity contribution >= 4 is 5.97 Å². The summed E-state index contributed by atoms with van der Waals surface area (Å²) in [7, 11) is 0. The van der Waals surface area contributed by atoms with Gasteiger partial charge in [-0.3, -0.25) is 4.79 Å². The van der Waals surface area contributed by atoms with Crippen LogP contribution in [-0.4, -0.2) is 28.8 Å². The van der Waals surface area contributed by atoms with Gasteiger partial charge in [-0.1, -0.05) is 18.2 Å². The van der Waals surface area contributed by atoms with Crippen LogP contribution in [0.15, 0.2) is 35.6 Å². The van der Waals surface area contributed by atoms with Gasteiger partial charge in [0, 0.05) is 5.92 Å². The lowest BCUT2D eigenvalue weighted by molar-refractivity contribution is -0.136. The van der Waals surface area contributed by atoms with Gasteiger partial charge in [0.15, 0.2) is 0 Å². The first-order chi connectivity index (χ1) is 7.22. The van der Waals surface area contributed by atoms with E-state index in [0.717, 1.165) is 11.1 Å². The topological polar surface area (TPSA) is 69.6 Å². The minimum absolute atomic E-state index is 0.00764. The average molecular weight is 207 g/mol. The fraction of sp³-hybridized carbons (Fsp3) is 0.364. The third-order valence-electron chi connectivity index (χ3n) is 2.80. The lowest BCUT2D eigenvalue weighted by Gasteiger charge is -2.24. The van der Waals surface area contributed by atoms with Crippen LogP contribution in [0.4, 0.5) is 0 Å². The van der Waals surface area contributed by atoms with Gasteiger partial charge in [0.1, 0.15) is 0 Å². The zero-order valence-electron chi connectivity index (χ0n) is 8.18. The zero-order chi connectivity index (χ0) is 10.8. The van der Waals surface area contributed by atoms with Crippen molar-refractivity contribution in [2.45, 2.75) is 12.5 Å². The van der Waals surface area contributed by atoms with Crippen LogP contribution < -0.4 is 5.32 Å². The highest BCUT2D eigenvalue weighted by atomic mass is 16.4. The summed E-state index contributed by atoms with van der Waals surface area (Å²) in [5.74, 6) is -0.719. The number of nitrogens with one attached hydrogen (secondary N) is 1. The minimum atomic E-state index is -0.824. The van der Waals surface area contributed by atoms with E-state index in [1.54, 1.807) is 6.20 Å². The standard InChI is InChI=1S/C11H13NO3/c13-6-8-5-12-11-7(4-10(14)15)2-1-3-9(8)11/h1-3,5,9,11-13H,4,6H2,(H,14,15). The van der Waals surface area contributed by atoms with Crippen molar-refractivity contribution in [3.63, 3.8) is 0 Å². The number of fused-ring (bicyclic) bond motifs is 1. The maximum absolute atomic E-state index is 10.6. The molecule has 0 saturated carbocycles. The van der Waals surface area contributed by atoms with E-state index in [2.05, 4.69) is 5.32 Å². The Morgan fingerprint density at radius 2 is 2.27 bits per heavy atom. The first-order valence-corrected chi connectivity index (χ1v) is 4.87. The summed E-state index contributed by atoms with van der Waals surface area (Å²) < 4.78 is 0. The molecule has 80 valence electrons. The first-order valence-electron chi connectivity index (χ1n) is 4.87. The van der Waals surface area contributed by atoms with Gasteiger partial charge < -0.3 is 15.5 Å². The molecule has 4 heteroatoms. The minimum Gasteiger partial charge on any atom is -0.481 e. The molecule has 1 aliphatic heterocycles. The van der Waals surface area contributed by atoms with Crippen molar-refractivity contribution in [1.29, 1.82) is 0 Å². The predicted octanol–water partition coefficient (Wildman–Crippen LogP) is 0.422. The normalized spacial score (nSPS) is 27.8. The second-order valence-electron chi connectivity index (χ2n) is 3.74. The lowest BCUT2D eigenvalue weighted by atomic mass is 9.85. The highest BCUT2D eigenvalue weighted by Gasteiger charge is 2.31. The molecule has 0 aromatic carbocycles. The van der Waals surface area contributed by atoms with Gasteiger partial charge in [0.2, 0.25) is 0 Å². The number of aliphatic carboxylic acids is 1. The summed E-state index contributed by atoms with van der Waals surface area (Å²) in [6.07, 6.45) is 7.50. The SMILES string of the molecule is O=C(O)CC1=CC=CC2C(CO)=CNC12. The van der Waals surface area contributed by atoms with E-state index in [1.165, 1.54) is 0 Å². The Balaban J connectivity index is 2.15. The number of carbonyl (C=O) groups is 1. The molecule has 1 aliphatic carbocycles. The molecule has 0 saturated heterocycles. The van der Waals surface area contributed by atoms with Gasteiger partial charge in [-0.05, 0) is 17.3 Å². The lowest BCUT2D eigenvalue weighted by Crippen LogP contribution is -2.31. The number of aliphatic hydroxyl groups excluding tert-OH is 1. The summed E-state index contributed by atoms with van der Waals surface area (Å²) in [5, 5.41) is 21.0. The second kappa shape index (κ2) is 3.90. The van der Waals surface area contributed by atoms with E-state index in [4.69, 9.17) is 10.2 Å². The van der Waals surface area contributed by atoms with Gasteiger partial charge >= 0.3 is 5.97 Å². The third-order valence-corrected chi connectivity index (χ3v) is 2.80. The summed E-state index contributed by atoms with van der Waals surface area (Å²) in [6.45, 7) is 0.0128. The summed E-state index contributed by atoms with van der Waals surface area (Å²) in [4.78, 5) is 10.6. The highest BCUT2D eigenvalue weighted by molar-refractivity contribution is 5.71. The summed E-state index contributed by atoms with van der Waals surface area (Å²) in [5.41, 5.74) is 1.77. The van der Waals surface area contributed by atoms with E-state index in [1.807, 2.05) is 18.2 Å². The van der Waals surface area contributed by atoms with Crippen LogP contribution in [-0.2, 0) is 4.79 Å². The molecule has 0 radical (unpaired) electrons. The van der Waals surface area contributed by atoms with Crippen LogP contribution in [0.3, 0.4) is 0 Å². The van der Waals surface area contributed by atoms with Crippen LogP contribution in [0.1, 0.15) is 6.42 Å². The third kappa shape index (κ3) is 1.80. The summed E-state index contributed by atoms with van der Waals surface area (Å²) >= 11 is 0. The Morgan fingerprint density at radius 1 is 1.47 bits per heavy atom. The van der Waals surface area contributed by atoms with E-state index in [-0.39, 0.29) is 25.0 Å². The van der Waals surface area contributed by atoms with Crippen LogP contribution in [0.5, 0.6) is 0 Å². The fourth-order valence-corrected chi connectivity index (χ4v) is 2.08. The Kier molecular flexibility index (Phi) is 2.60. The van der Waals surface area contributed by atoms with Gasteiger partial charge in [0.25, 0.3) is 0 Å². The number of allylic oxidation sites excluding steroid dienone is 2. The molecule has 2 rings (SSSR count). The second-order valence-corrected chi connectivity index (χ2v) is 3.74. The Bertz CT molecular complexity index is 368.